The van der Waals surface area contributed by atoms with Gasteiger partial charge >= 0.3 is 12.0 Å². The van der Waals surface area contributed by atoms with Crippen LogP contribution in [0.25, 0.3) is 0 Å². The van der Waals surface area contributed by atoms with Gasteiger partial charge in [-0.2, -0.15) is 11.3 Å². The average Bonchev–Trinajstić information content (AvgIpc) is 3.37. The van der Waals surface area contributed by atoms with Crippen LogP contribution in [-0.2, 0) is 9.53 Å². The van der Waals surface area contributed by atoms with Gasteiger partial charge in [0.2, 0.25) is 0 Å². The number of ether oxygens (including phenoxy) is 1. The third kappa shape index (κ3) is 4.97. The van der Waals surface area contributed by atoms with Crippen molar-refractivity contribution in [2.75, 3.05) is 46.4 Å². The number of likely N-dealkylation sites (N-methyl/N-ethyl adjacent to an activating group) is 1. The van der Waals surface area contributed by atoms with E-state index >= 15 is 0 Å². The molecule has 8 nitrogen and oxygen atoms in total. The third-order valence-electron chi connectivity index (χ3n) is 6.05. The quantitative estimate of drug-likeness (QED) is 0.635. The van der Waals surface area contributed by atoms with E-state index in [0.717, 1.165) is 5.56 Å². The minimum absolute atomic E-state index is 0.211. The minimum Gasteiger partial charge on any atom is -0.463 e. The molecule has 0 aliphatic carbocycles. The lowest BCUT2D eigenvalue weighted by Gasteiger charge is -2.39. The molecular formula is C24H27FN4O4S. The molecule has 1 aromatic heterocycles. The molecule has 1 saturated heterocycles. The summed E-state index contributed by atoms with van der Waals surface area (Å²) in [4.78, 5) is 43.7. The molecule has 3 amide bonds. The summed E-state index contributed by atoms with van der Waals surface area (Å²) in [5.74, 6) is -1.11. The Kier molecular flexibility index (Phi) is 7.28. The number of urea groups is 1. The number of piperazine rings is 1. The largest absolute Gasteiger partial charge is 0.463 e. The first kappa shape index (κ1) is 23.9. The molecular weight excluding hydrogens is 459 g/mol. The number of hydrogen-bond acceptors (Lipinski definition) is 6. The SMILES string of the molecule is CCOC(=O)C1=C(CN2CCN(C(=O)c3cccc(F)c3)CC2)N(C)C(=O)N[C@@H]1c1ccsc1. The van der Waals surface area contributed by atoms with Crippen LogP contribution in [0.15, 0.2) is 52.4 Å². The number of carbonyl (C=O) groups is 3. The second-order valence-corrected chi connectivity index (χ2v) is 8.94. The number of thiophene rings is 1. The van der Waals surface area contributed by atoms with Crippen molar-refractivity contribution in [3.8, 4) is 0 Å². The molecule has 1 fully saturated rings. The van der Waals surface area contributed by atoms with Gasteiger partial charge in [-0.05, 0) is 47.5 Å². The first-order valence-electron chi connectivity index (χ1n) is 11.1. The molecule has 0 bridgehead atoms. The predicted octanol–water partition coefficient (Wildman–Crippen LogP) is 2.86. The van der Waals surface area contributed by atoms with Crippen LogP contribution >= 0.6 is 11.3 Å². The van der Waals surface area contributed by atoms with Crippen LogP contribution in [-0.4, -0.2) is 79.0 Å². The Bertz CT molecular complexity index is 1100. The highest BCUT2D eigenvalue weighted by Crippen LogP contribution is 2.32. The molecule has 1 atom stereocenters. The van der Waals surface area contributed by atoms with Crippen molar-refractivity contribution in [3.05, 3.63) is 69.3 Å². The van der Waals surface area contributed by atoms with Crippen molar-refractivity contribution in [1.82, 2.24) is 20.0 Å². The predicted molar refractivity (Wildman–Crippen MR) is 126 cm³/mol. The van der Waals surface area contributed by atoms with Gasteiger partial charge in [-0.1, -0.05) is 6.07 Å². The van der Waals surface area contributed by atoms with Gasteiger partial charge in [0.25, 0.3) is 5.91 Å². The number of amides is 3. The summed E-state index contributed by atoms with van der Waals surface area (Å²) < 4.78 is 18.9. The second kappa shape index (κ2) is 10.4. The number of hydrogen-bond donors (Lipinski definition) is 1. The highest BCUT2D eigenvalue weighted by atomic mass is 32.1. The van der Waals surface area contributed by atoms with Gasteiger partial charge in [0.05, 0.1) is 18.2 Å². The van der Waals surface area contributed by atoms with E-state index in [1.165, 1.54) is 34.4 Å². The Morgan fingerprint density at radius 3 is 2.62 bits per heavy atom. The van der Waals surface area contributed by atoms with Gasteiger partial charge in [-0.25, -0.2) is 14.0 Å². The third-order valence-corrected chi connectivity index (χ3v) is 6.75. The van der Waals surface area contributed by atoms with Crippen molar-refractivity contribution in [2.24, 2.45) is 0 Å². The second-order valence-electron chi connectivity index (χ2n) is 8.16. The number of nitrogens with zero attached hydrogens (tertiary/aromatic N) is 3. The lowest BCUT2D eigenvalue weighted by molar-refractivity contribution is -0.139. The number of benzene rings is 1. The first-order valence-corrected chi connectivity index (χ1v) is 12.1. The standard InChI is InChI=1S/C24H27FN4O4S/c1-3-33-23(31)20-19(27(2)24(32)26-21(20)17-7-12-34-15-17)14-28-8-10-29(11-9-28)22(30)16-5-4-6-18(25)13-16/h4-7,12-13,15,21H,3,8-11,14H2,1-2H3,(H,26,32)/t21-/m1/s1. The Morgan fingerprint density at radius 2 is 1.97 bits per heavy atom. The Labute approximate surface area is 201 Å². The van der Waals surface area contributed by atoms with E-state index in [4.69, 9.17) is 4.74 Å². The van der Waals surface area contributed by atoms with E-state index in [2.05, 4.69) is 10.2 Å². The zero-order chi connectivity index (χ0) is 24.2. The van der Waals surface area contributed by atoms with E-state index in [1.54, 1.807) is 24.9 Å². The topological polar surface area (TPSA) is 82.2 Å². The summed E-state index contributed by atoms with van der Waals surface area (Å²) in [6, 6.07) is 6.69. The summed E-state index contributed by atoms with van der Waals surface area (Å²) in [5, 5.41) is 6.71. The normalized spacial score (nSPS) is 19.3. The fourth-order valence-corrected chi connectivity index (χ4v) is 4.90. The first-order chi connectivity index (χ1) is 16.4. The Hall–Kier alpha value is -3.24. The number of carbonyl (C=O) groups excluding carboxylic acids is 3. The zero-order valence-corrected chi connectivity index (χ0v) is 19.9. The zero-order valence-electron chi connectivity index (χ0n) is 19.1. The van der Waals surface area contributed by atoms with Crippen molar-refractivity contribution in [1.29, 1.82) is 0 Å². The van der Waals surface area contributed by atoms with Gasteiger partial charge in [0, 0.05) is 51.0 Å². The van der Waals surface area contributed by atoms with Gasteiger partial charge in [-0.3, -0.25) is 14.6 Å². The van der Waals surface area contributed by atoms with E-state index in [9.17, 15) is 18.8 Å². The molecule has 0 saturated carbocycles. The molecule has 1 N–H and O–H groups in total. The Balaban J connectivity index is 1.53. The molecule has 4 rings (SSSR count). The molecule has 2 aliphatic rings. The maximum Gasteiger partial charge on any atom is 0.338 e. The molecule has 2 aliphatic heterocycles. The van der Waals surface area contributed by atoms with E-state index in [0.29, 0.717) is 49.6 Å². The average molecular weight is 487 g/mol. The maximum absolute atomic E-state index is 13.5. The monoisotopic (exact) mass is 486 g/mol. The molecule has 34 heavy (non-hydrogen) atoms. The van der Waals surface area contributed by atoms with Gasteiger partial charge < -0.3 is 15.0 Å². The number of esters is 1. The van der Waals surface area contributed by atoms with Crippen LogP contribution in [0.5, 0.6) is 0 Å². The van der Waals surface area contributed by atoms with E-state index in [-0.39, 0.29) is 18.5 Å². The molecule has 0 radical (unpaired) electrons. The van der Waals surface area contributed by atoms with Gasteiger partial charge in [0.1, 0.15) is 5.82 Å². The van der Waals surface area contributed by atoms with E-state index in [1.807, 2.05) is 16.8 Å². The van der Waals surface area contributed by atoms with Gasteiger partial charge in [-0.15, -0.1) is 0 Å². The molecule has 2 aromatic rings. The van der Waals surface area contributed by atoms with Crippen LogP contribution in [0.2, 0.25) is 0 Å². The summed E-state index contributed by atoms with van der Waals surface area (Å²) in [5.41, 5.74) is 2.16. The van der Waals surface area contributed by atoms with Gasteiger partial charge in [0.15, 0.2) is 0 Å². The molecule has 180 valence electrons. The number of nitrogens with one attached hydrogen (secondary N) is 1. The van der Waals surface area contributed by atoms with Crippen molar-refractivity contribution in [3.63, 3.8) is 0 Å². The fourth-order valence-electron chi connectivity index (χ4n) is 4.21. The highest BCUT2D eigenvalue weighted by molar-refractivity contribution is 7.08. The number of rotatable bonds is 6. The van der Waals surface area contributed by atoms with Crippen LogP contribution in [0, 0.1) is 5.82 Å². The summed E-state index contributed by atoms with van der Waals surface area (Å²) in [6.45, 7) is 4.36. The van der Waals surface area contributed by atoms with Crippen LogP contribution < -0.4 is 5.32 Å². The van der Waals surface area contributed by atoms with Crippen molar-refractivity contribution in [2.45, 2.75) is 13.0 Å². The number of halogens is 1. The van der Waals surface area contributed by atoms with Crippen LogP contribution in [0.3, 0.4) is 0 Å². The molecule has 0 unspecified atom stereocenters. The lowest BCUT2D eigenvalue weighted by Crippen LogP contribution is -2.53. The maximum atomic E-state index is 13.5. The smallest absolute Gasteiger partial charge is 0.338 e. The highest BCUT2D eigenvalue weighted by Gasteiger charge is 2.38. The van der Waals surface area contributed by atoms with Crippen molar-refractivity contribution >= 4 is 29.2 Å². The Morgan fingerprint density at radius 1 is 1.21 bits per heavy atom. The minimum atomic E-state index is -0.583. The van der Waals surface area contributed by atoms with Crippen molar-refractivity contribution < 1.29 is 23.5 Å². The van der Waals surface area contributed by atoms with E-state index < -0.39 is 17.8 Å². The summed E-state index contributed by atoms with van der Waals surface area (Å²) >= 11 is 1.49. The van der Waals surface area contributed by atoms with Crippen LogP contribution in [0.4, 0.5) is 9.18 Å². The summed E-state index contributed by atoms with van der Waals surface area (Å²) in [6.07, 6.45) is 0. The summed E-state index contributed by atoms with van der Waals surface area (Å²) in [7, 11) is 1.64. The molecule has 1 aromatic carbocycles. The molecule has 3 heterocycles. The van der Waals surface area contributed by atoms with Crippen LogP contribution in [0.1, 0.15) is 28.9 Å². The fraction of sp³-hybridized carbons (Fsp3) is 0.375. The molecule has 10 heteroatoms. The molecule has 0 spiro atoms. The lowest BCUT2D eigenvalue weighted by atomic mass is 9.96.